The number of rotatable bonds is 2. The molecular formula is C19H17F3N4OS. The van der Waals surface area contributed by atoms with Gasteiger partial charge in [0.2, 0.25) is 0 Å². The molecule has 1 saturated heterocycles. The molecular weight excluding hydrogens is 389 g/mol. The molecule has 1 aliphatic heterocycles. The highest BCUT2D eigenvalue weighted by molar-refractivity contribution is 7.81. The van der Waals surface area contributed by atoms with Crippen molar-refractivity contribution in [1.29, 1.82) is 5.26 Å². The van der Waals surface area contributed by atoms with Gasteiger partial charge in [-0.3, -0.25) is 9.69 Å². The molecule has 5 nitrogen and oxygen atoms in total. The number of nitriles is 1. The van der Waals surface area contributed by atoms with E-state index in [0.29, 0.717) is 11.4 Å². The van der Waals surface area contributed by atoms with Gasteiger partial charge < -0.3 is 10.6 Å². The number of amides is 1. The monoisotopic (exact) mass is 406 g/mol. The summed E-state index contributed by atoms with van der Waals surface area (Å²) in [4.78, 5) is 16.0. The van der Waals surface area contributed by atoms with Crippen molar-refractivity contribution in [2.75, 3.05) is 15.5 Å². The zero-order valence-corrected chi connectivity index (χ0v) is 15.9. The molecule has 0 radical (unpaired) electrons. The molecule has 1 heterocycles. The Morgan fingerprint density at radius 2 is 1.71 bits per heavy atom. The zero-order valence-electron chi connectivity index (χ0n) is 15.0. The first-order valence-electron chi connectivity index (χ1n) is 8.26. The fourth-order valence-corrected chi connectivity index (χ4v) is 3.92. The Hall–Kier alpha value is -2.86. The molecule has 0 saturated carbocycles. The van der Waals surface area contributed by atoms with Crippen LogP contribution in [0.15, 0.2) is 42.5 Å². The smallest absolute Gasteiger partial charge is 0.399 e. The highest BCUT2D eigenvalue weighted by Crippen LogP contribution is 2.42. The van der Waals surface area contributed by atoms with Crippen molar-refractivity contribution in [3.8, 4) is 6.07 Å². The Labute approximate surface area is 165 Å². The molecule has 1 atom stereocenters. The lowest BCUT2D eigenvalue weighted by Crippen LogP contribution is -2.44. The average Bonchev–Trinajstić information content (AvgIpc) is 2.79. The quantitative estimate of drug-likeness (QED) is 0.584. The third-order valence-corrected chi connectivity index (χ3v) is 5.15. The highest BCUT2D eigenvalue weighted by atomic mass is 32.1. The first-order valence-corrected chi connectivity index (χ1v) is 8.78. The normalized spacial score (nSPS) is 19.0. The first-order chi connectivity index (χ1) is 13.0. The number of nitrogen functional groups attached to an aromatic ring is 1. The first kappa shape index (κ1) is 19.9. The van der Waals surface area contributed by atoms with Crippen LogP contribution in [0.3, 0.4) is 0 Å². The van der Waals surface area contributed by atoms with Crippen molar-refractivity contribution in [1.82, 2.24) is 0 Å². The molecule has 0 aliphatic carbocycles. The van der Waals surface area contributed by atoms with E-state index >= 15 is 0 Å². The summed E-state index contributed by atoms with van der Waals surface area (Å²) >= 11 is 4.51. The maximum atomic E-state index is 13.3. The van der Waals surface area contributed by atoms with Crippen molar-refractivity contribution in [2.24, 2.45) is 0 Å². The van der Waals surface area contributed by atoms with Crippen LogP contribution in [0.5, 0.6) is 0 Å². The minimum absolute atomic E-state index is 0.0161. The number of carbonyl (C=O) groups excluding carboxylic acids is 1. The summed E-state index contributed by atoms with van der Waals surface area (Å²) < 4.78 is 40.0. The maximum Gasteiger partial charge on any atom is 0.417 e. The summed E-state index contributed by atoms with van der Waals surface area (Å²) in [6.45, 7) is 3.34. The van der Waals surface area contributed by atoms with Crippen molar-refractivity contribution in [2.45, 2.75) is 31.1 Å². The zero-order chi connectivity index (χ0) is 20.9. The van der Waals surface area contributed by atoms with E-state index in [4.69, 9.17) is 11.0 Å². The number of benzene rings is 2. The molecule has 28 heavy (non-hydrogen) atoms. The van der Waals surface area contributed by atoms with Gasteiger partial charge >= 0.3 is 6.18 Å². The molecule has 1 amide bonds. The number of carbonyl (C=O) groups is 1. The molecule has 0 aromatic heterocycles. The van der Waals surface area contributed by atoms with E-state index in [1.54, 1.807) is 43.0 Å². The number of alkyl halides is 3. The van der Waals surface area contributed by atoms with Crippen molar-refractivity contribution >= 4 is 35.6 Å². The minimum Gasteiger partial charge on any atom is -0.399 e. The standard InChI is InChI=1S/C19H17F3N4OS/c1-18(2)16(27)25(17(28)26(18)13-7-4-12(24)5-8-13)14-6-3-11(10-23)15(9-14)19(20,21)22/h3-9,17,28H,24H2,1-2H3. The molecule has 1 aliphatic rings. The summed E-state index contributed by atoms with van der Waals surface area (Å²) in [5.41, 5.74) is 3.41. The molecule has 1 unspecified atom stereocenters. The van der Waals surface area contributed by atoms with E-state index in [2.05, 4.69) is 12.6 Å². The molecule has 2 aromatic carbocycles. The van der Waals surface area contributed by atoms with Gasteiger partial charge in [-0.1, -0.05) is 0 Å². The summed E-state index contributed by atoms with van der Waals surface area (Å²) in [6, 6.07) is 11.5. The predicted molar refractivity (Wildman–Crippen MR) is 104 cm³/mol. The van der Waals surface area contributed by atoms with Crippen molar-refractivity contribution in [3.63, 3.8) is 0 Å². The van der Waals surface area contributed by atoms with E-state index in [-0.39, 0.29) is 5.69 Å². The van der Waals surface area contributed by atoms with Gasteiger partial charge in [-0.15, -0.1) is 12.6 Å². The van der Waals surface area contributed by atoms with E-state index in [9.17, 15) is 18.0 Å². The van der Waals surface area contributed by atoms with E-state index < -0.39 is 34.2 Å². The second-order valence-electron chi connectivity index (χ2n) is 6.88. The fraction of sp³-hybridized carbons (Fsp3) is 0.263. The molecule has 9 heteroatoms. The van der Waals surface area contributed by atoms with Gasteiger partial charge in [0.25, 0.3) is 5.91 Å². The largest absolute Gasteiger partial charge is 0.417 e. The molecule has 2 aromatic rings. The number of halogens is 3. The highest BCUT2D eigenvalue weighted by Gasteiger charge is 2.51. The number of anilines is 3. The van der Waals surface area contributed by atoms with Crippen LogP contribution in [-0.4, -0.2) is 16.9 Å². The Kier molecular flexibility index (Phi) is 4.71. The number of nitrogens with two attached hydrogens (primary N) is 1. The molecule has 1 fully saturated rings. The van der Waals surface area contributed by atoms with Crippen LogP contribution in [0.4, 0.5) is 30.2 Å². The van der Waals surface area contributed by atoms with Gasteiger partial charge in [0.15, 0.2) is 5.50 Å². The maximum absolute atomic E-state index is 13.3. The third kappa shape index (κ3) is 3.14. The van der Waals surface area contributed by atoms with Crippen LogP contribution >= 0.6 is 12.6 Å². The van der Waals surface area contributed by atoms with Crippen LogP contribution in [0.1, 0.15) is 25.0 Å². The van der Waals surface area contributed by atoms with Crippen LogP contribution in [0.25, 0.3) is 0 Å². The summed E-state index contributed by atoms with van der Waals surface area (Å²) in [5.74, 6) is -0.415. The van der Waals surface area contributed by atoms with Crippen LogP contribution in [0.2, 0.25) is 0 Å². The van der Waals surface area contributed by atoms with Gasteiger partial charge in [-0.25, -0.2) is 0 Å². The van der Waals surface area contributed by atoms with Gasteiger partial charge in [-0.2, -0.15) is 18.4 Å². The van der Waals surface area contributed by atoms with Gasteiger partial charge in [0, 0.05) is 17.1 Å². The summed E-state index contributed by atoms with van der Waals surface area (Å²) in [6.07, 6.45) is -4.72. The Morgan fingerprint density at radius 3 is 2.25 bits per heavy atom. The van der Waals surface area contributed by atoms with E-state index in [1.807, 2.05) is 0 Å². The Balaban J connectivity index is 2.10. The molecule has 0 spiro atoms. The Bertz CT molecular complexity index is 967. The second kappa shape index (κ2) is 6.63. The van der Waals surface area contributed by atoms with Crippen LogP contribution in [0, 0.1) is 11.3 Å². The lowest BCUT2D eigenvalue weighted by atomic mass is 10.0. The predicted octanol–water partition coefficient (Wildman–Crippen LogP) is 4.00. The minimum atomic E-state index is -4.72. The van der Waals surface area contributed by atoms with Gasteiger partial charge in [0.1, 0.15) is 5.54 Å². The topological polar surface area (TPSA) is 73.4 Å². The van der Waals surface area contributed by atoms with Crippen molar-refractivity contribution < 1.29 is 18.0 Å². The molecule has 0 bridgehead atoms. The number of nitrogens with zero attached hydrogens (tertiary/aromatic N) is 3. The van der Waals surface area contributed by atoms with E-state index in [1.165, 1.54) is 17.0 Å². The lowest BCUT2D eigenvalue weighted by molar-refractivity contribution is -0.137. The van der Waals surface area contributed by atoms with Crippen LogP contribution < -0.4 is 15.5 Å². The third-order valence-electron chi connectivity index (χ3n) is 4.68. The number of hydrogen-bond acceptors (Lipinski definition) is 5. The summed E-state index contributed by atoms with van der Waals surface area (Å²) in [5, 5.41) is 8.97. The van der Waals surface area contributed by atoms with E-state index in [0.717, 1.165) is 12.1 Å². The number of thiol groups is 1. The summed E-state index contributed by atoms with van der Waals surface area (Å²) in [7, 11) is 0. The Morgan fingerprint density at radius 1 is 1.14 bits per heavy atom. The second-order valence-corrected chi connectivity index (χ2v) is 7.34. The molecule has 2 N–H and O–H groups in total. The SMILES string of the molecule is CC1(C)C(=O)N(c2ccc(C#N)c(C(F)(F)F)c2)C(S)N1c1ccc(N)cc1. The van der Waals surface area contributed by atoms with Gasteiger partial charge in [-0.05, 0) is 56.3 Å². The van der Waals surface area contributed by atoms with Crippen molar-refractivity contribution in [3.05, 3.63) is 53.6 Å². The fourth-order valence-electron chi connectivity index (χ4n) is 3.26. The molecule has 3 rings (SSSR count). The van der Waals surface area contributed by atoms with Gasteiger partial charge in [0.05, 0.1) is 17.2 Å². The van der Waals surface area contributed by atoms with Crippen LogP contribution in [-0.2, 0) is 11.0 Å². The average molecular weight is 406 g/mol. The molecule has 146 valence electrons. The number of hydrogen-bond donors (Lipinski definition) is 2. The lowest BCUT2D eigenvalue weighted by Gasteiger charge is -2.33.